The molecule has 2 aromatic rings. The molecule has 0 atom stereocenters. The third-order valence-electron chi connectivity index (χ3n) is 2.11. The van der Waals surface area contributed by atoms with Gasteiger partial charge in [0, 0.05) is 21.0 Å². The van der Waals surface area contributed by atoms with Crippen molar-refractivity contribution in [3.05, 3.63) is 50.9 Å². The first kappa shape index (κ1) is 9.96. The summed E-state index contributed by atoms with van der Waals surface area (Å²) in [5.74, 6) is 0. The fourth-order valence-electron chi connectivity index (χ4n) is 1.43. The molecule has 0 fully saturated rings. The highest BCUT2D eigenvalue weighted by Crippen LogP contribution is 2.25. The molecule has 2 rings (SSSR count). The van der Waals surface area contributed by atoms with E-state index in [1.165, 1.54) is 0 Å². The Morgan fingerprint density at radius 3 is 3.07 bits per heavy atom. The number of hydrogen-bond acceptors (Lipinski definition) is 2. The Labute approximate surface area is 94.7 Å². The van der Waals surface area contributed by atoms with E-state index in [9.17, 15) is 0 Å². The smallest absolute Gasteiger partial charge is 0.0746 e. The minimum absolute atomic E-state index is 0.311. The topological polar surface area (TPSA) is 61.7 Å². The molecular weight excluding hydrogens is 256 g/mol. The summed E-state index contributed by atoms with van der Waals surface area (Å²) in [7, 11) is 0. The summed E-state index contributed by atoms with van der Waals surface area (Å²) in [4.78, 5) is 7.04. The number of nitrogens with zero attached hydrogens (tertiary/aromatic N) is 4. The van der Waals surface area contributed by atoms with Crippen LogP contribution in [0.15, 0.2) is 40.0 Å². The molecule has 15 heavy (non-hydrogen) atoms. The second-order valence-corrected chi connectivity index (χ2v) is 3.84. The van der Waals surface area contributed by atoms with E-state index in [0.717, 1.165) is 20.9 Å². The van der Waals surface area contributed by atoms with E-state index in [1.54, 1.807) is 6.20 Å². The zero-order valence-corrected chi connectivity index (χ0v) is 9.35. The van der Waals surface area contributed by atoms with Gasteiger partial charge in [0.25, 0.3) is 0 Å². The van der Waals surface area contributed by atoms with Gasteiger partial charge in [-0.3, -0.25) is 4.98 Å². The highest BCUT2D eigenvalue weighted by Gasteiger charge is 2.05. The Morgan fingerprint density at radius 1 is 1.40 bits per heavy atom. The van der Waals surface area contributed by atoms with Crippen molar-refractivity contribution in [2.45, 2.75) is 6.54 Å². The van der Waals surface area contributed by atoms with E-state index in [0.29, 0.717) is 6.54 Å². The van der Waals surface area contributed by atoms with Crippen LogP contribution in [0.5, 0.6) is 0 Å². The largest absolute Gasteiger partial charge is 0.256 e. The predicted molar refractivity (Wildman–Crippen MR) is 62.3 cm³/mol. The first-order valence-electron chi connectivity index (χ1n) is 4.36. The van der Waals surface area contributed by atoms with E-state index < -0.39 is 0 Å². The monoisotopic (exact) mass is 262 g/mol. The fraction of sp³-hybridized carbons (Fsp3) is 0.100. The molecule has 0 unspecified atom stereocenters. The van der Waals surface area contributed by atoms with E-state index in [4.69, 9.17) is 5.53 Å². The molecule has 4 nitrogen and oxygen atoms in total. The molecule has 0 saturated heterocycles. The fourth-order valence-corrected chi connectivity index (χ4v) is 1.88. The summed E-state index contributed by atoms with van der Waals surface area (Å²) in [5.41, 5.74) is 10.1. The molecule has 0 aliphatic rings. The van der Waals surface area contributed by atoms with Gasteiger partial charge in [0.1, 0.15) is 0 Å². The van der Waals surface area contributed by atoms with Crippen LogP contribution in [-0.2, 0) is 6.54 Å². The maximum atomic E-state index is 8.31. The van der Waals surface area contributed by atoms with Gasteiger partial charge in [-0.25, -0.2) is 0 Å². The van der Waals surface area contributed by atoms with Gasteiger partial charge in [0.05, 0.1) is 12.1 Å². The lowest BCUT2D eigenvalue weighted by molar-refractivity contribution is 1.04. The molecule has 1 heterocycles. The number of pyridine rings is 1. The van der Waals surface area contributed by atoms with Gasteiger partial charge in [-0.15, -0.1) is 0 Å². The lowest BCUT2D eigenvalue weighted by atomic mass is 10.1. The van der Waals surface area contributed by atoms with Crippen molar-refractivity contribution in [1.29, 1.82) is 0 Å². The Hall–Kier alpha value is -1.58. The van der Waals surface area contributed by atoms with Gasteiger partial charge in [0.2, 0.25) is 0 Å². The van der Waals surface area contributed by atoms with Crippen molar-refractivity contribution in [2.75, 3.05) is 0 Å². The third-order valence-corrected chi connectivity index (χ3v) is 2.86. The summed E-state index contributed by atoms with van der Waals surface area (Å²) in [5, 5.41) is 4.61. The van der Waals surface area contributed by atoms with Crippen molar-refractivity contribution < 1.29 is 0 Å². The number of hydrogen-bond donors (Lipinski definition) is 0. The first-order chi connectivity index (χ1) is 7.33. The number of aromatic nitrogens is 1. The molecule has 0 N–H and O–H groups in total. The van der Waals surface area contributed by atoms with Crippen molar-refractivity contribution >= 4 is 26.8 Å². The average molecular weight is 263 g/mol. The summed E-state index contributed by atoms with van der Waals surface area (Å²) < 4.78 is 0.918. The van der Waals surface area contributed by atoms with E-state index in [-0.39, 0.29) is 0 Å². The zero-order chi connectivity index (χ0) is 10.7. The van der Waals surface area contributed by atoms with Crippen LogP contribution >= 0.6 is 15.9 Å². The molecule has 74 valence electrons. The second-order valence-electron chi connectivity index (χ2n) is 2.99. The number of fused-ring (bicyclic) bond motifs is 1. The normalized spacial score (nSPS) is 9.93. The quantitative estimate of drug-likeness (QED) is 0.461. The Balaban J connectivity index is 2.67. The molecule has 1 aromatic carbocycles. The number of azide groups is 1. The van der Waals surface area contributed by atoms with Gasteiger partial charge in [-0.05, 0) is 23.2 Å². The van der Waals surface area contributed by atoms with Crippen LogP contribution in [0.2, 0.25) is 0 Å². The third kappa shape index (κ3) is 1.93. The molecule has 0 radical (unpaired) electrons. The van der Waals surface area contributed by atoms with Crippen LogP contribution in [0.3, 0.4) is 0 Å². The number of benzene rings is 1. The van der Waals surface area contributed by atoms with Crippen LogP contribution in [0.1, 0.15) is 5.56 Å². The van der Waals surface area contributed by atoms with Gasteiger partial charge < -0.3 is 0 Å². The molecule has 1 aromatic heterocycles. The summed E-state index contributed by atoms with van der Waals surface area (Å²) in [6, 6.07) is 7.78. The minimum Gasteiger partial charge on any atom is -0.256 e. The Morgan fingerprint density at radius 2 is 2.27 bits per heavy atom. The SMILES string of the molecule is [N-]=[N+]=NCc1c(Br)ccc2cccnc12. The van der Waals surface area contributed by atoms with Gasteiger partial charge >= 0.3 is 0 Å². The Kier molecular flexibility index (Phi) is 2.85. The molecule has 0 spiro atoms. The van der Waals surface area contributed by atoms with Crippen molar-refractivity contribution in [3.8, 4) is 0 Å². The first-order valence-corrected chi connectivity index (χ1v) is 5.15. The van der Waals surface area contributed by atoms with Crippen molar-refractivity contribution in [3.63, 3.8) is 0 Å². The van der Waals surface area contributed by atoms with Crippen LogP contribution < -0.4 is 0 Å². The second kappa shape index (κ2) is 4.29. The summed E-state index contributed by atoms with van der Waals surface area (Å²) in [6.45, 7) is 0.311. The van der Waals surface area contributed by atoms with Crippen LogP contribution in [-0.4, -0.2) is 4.98 Å². The van der Waals surface area contributed by atoms with Crippen molar-refractivity contribution in [1.82, 2.24) is 4.98 Å². The van der Waals surface area contributed by atoms with Crippen LogP contribution in [0, 0.1) is 0 Å². The molecule has 5 heteroatoms. The van der Waals surface area contributed by atoms with Gasteiger partial charge in [0.15, 0.2) is 0 Å². The highest BCUT2D eigenvalue weighted by atomic mass is 79.9. The molecule has 0 bridgehead atoms. The zero-order valence-electron chi connectivity index (χ0n) is 7.76. The molecule has 0 aliphatic carbocycles. The molecule has 0 saturated carbocycles. The van der Waals surface area contributed by atoms with Crippen molar-refractivity contribution in [2.24, 2.45) is 5.11 Å². The van der Waals surface area contributed by atoms with E-state index in [2.05, 4.69) is 30.9 Å². The number of halogens is 1. The molecular formula is C10H7BrN4. The van der Waals surface area contributed by atoms with Gasteiger partial charge in [-0.2, -0.15) is 0 Å². The Bertz CT molecular complexity index is 546. The van der Waals surface area contributed by atoms with E-state index in [1.807, 2.05) is 24.3 Å². The maximum absolute atomic E-state index is 8.31. The van der Waals surface area contributed by atoms with Crippen LogP contribution in [0.4, 0.5) is 0 Å². The lowest BCUT2D eigenvalue weighted by Gasteiger charge is -2.04. The summed E-state index contributed by atoms with van der Waals surface area (Å²) >= 11 is 3.42. The average Bonchev–Trinajstić information content (AvgIpc) is 2.28. The lowest BCUT2D eigenvalue weighted by Crippen LogP contribution is -1.88. The van der Waals surface area contributed by atoms with Crippen LogP contribution in [0.25, 0.3) is 21.3 Å². The minimum atomic E-state index is 0.311. The maximum Gasteiger partial charge on any atom is 0.0746 e. The molecule has 0 amide bonds. The van der Waals surface area contributed by atoms with E-state index >= 15 is 0 Å². The summed E-state index contributed by atoms with van der Waals surface area (Å²) in [6.07, 6.45) is 1.73. The predicted octanol–water partition coefficient (Wildman–Crippen LogP) is 3.81. The number of rotatable bonds is 2. The molecule has 0 aliphatic heterocycles. The highest BCUT2D eigenvalue weighted by molar-refractivity contribution is 9.10. The standard InChI is InChI=1S/C10H7BrN4/c11-9-4-3-7-2-1-5-13-10(7)8(9)6-14-15-12/h1-5H,6H2. The van der Waals surface area contributed by atoms with Gasteiger partial charge in [-0.1, -0.05) is 33.2 Å².